The van der Waals surface area contributed by atoms with Gasteiger partial charge in [0.05, 0.1) is 5.92 Å². The summed E-state index contributed by atoms with van der Waals surface area (Å²) in [6.07, 6.45) is 0.957. The van der Waals surface area contributed by atoms with Crippen LogP contribution < -0.4 is 10.6 Å². The highest BCUT2D eigenvalue weighted by Gasteiger charge is 2.32. The van der Waals surface area contributed by atoms with E-state index in [1.54, 1.807) is 0 Å². The summed E-state index contributed by atoms with van der Waals surface area (Å²) in [7, 11) is 0. The van der Waals surface area contributed by atoms with E-state index in [4.69, 9.17) is 0 Å². The molecule has 2 N–H and O–H groups in total. The first-order chi connectivity index (χ1) is 15.3. The van der Waals surface area contributed by atoms with Gasteiger partial charge in [-0.3, -0.25) is 4.79 Å². The lowest BCUT2D eigenvalue weighted by atomic mass is 9.80. The molecule has 3 nitrogen and oxygen atoms in total. The smallest absolute Gasteiger partial charge is 0.229 e. The molecular formula is C28H26N2O. The van der Waals surface area contributed by atoms with Crippen LogP contribution in [-0.2, 0) is 4.79 Å². The van der Waals surface area contributed by atoms with Gasteiger partial charge in [0.2, 0.25) is 5.91 Å². The quantitative estimate of drug-likeness (QED) is 0.447. The van der Waals surface area contributed by atoms with Gasteiger partial charge in [-0.05, 0) is 47.0 Å². The lowest BCUT2D eigenvalue weighted by Crippen LogP contribution is -2.42. The molecule has 4 aromatic carbocycles. The van der Waals surface area contributed by atoms with Crippen molar-refractivity contribution in [3.05, 3.63) is 103 Å². The minimum absolute atomic E-state index is 0.0840. The average Bonchev–Trinajstić information content (AvgIpc) is 2.85. The second kappa shape index (κ2) is 8.75. The Morgan fingerprint density at radius 2 is 1.48 bits per heavy atom. The Balaban J connectivity index is 1.38. The van der Waals surface area contributed by atoms with Gasteiger partial charge in [-0.1, -0.05) is 91.0 Å². The number of anilines is 1. The van der Waals surface area contributed by atoms with E-state index in [0.29, 0.717) is 6.54 Å². The maximum atomic E-state index is 13.3. The van der Waals surface area contributed by atoms with E-state index in [1.165, 1.54) is 16.7 Å². The maximum Gasteiger partial charge on any atom is 0.229 e. The molecule has 1 amide bonds. The highest BCUT2D eigenvalue weighted by molar-refractivity contribution is 6.03. The summed E-state index contributed by atoms with van der Waals surface area (Å²) < 4.78 is 0. The van der Waals surface area contributed by atoms with Gasteiger partial charge in [0.1, 0.15) is 0 Å². The molecule has 3 heteroatoms. The van der Waals surface area contributed by atoms with Crippen molar-refractivity contribution < 1.29 is 4.79 Å². The molecule has 1 saturated heterocycles. The molecule has 0 aromatic heterocycles. The first-order valence-electron chi connectivity index (χ1n) is 10.9. The van der Waals surface area contributed by atoms with Gasteiger partial charge in [-0.25, -0.2) is 0 Å². The van der Waals surface area contributed by atoms with Crippen LogP contribution in [0.2, 0.25) is 0 Å². The third kappa shape index (κ3) is 4.10. The summed E-state index contributed by atoms with van der Waals surface area (Å²) >= 11 is 0. The largest absolute Gasteiger partial charge is 0.325 e. The fourth-order valence-corrected chi connectivity index (χ4v) is 4.65. The van der Waals surface area contributed by atoms with E-state index < -0.39 is 0 Å². The molecule has 31 heavy (non-hydrogen) atoms. The van der Waals surface area contributed by atoms with E-state index in [9.17, 15) is 4.79 Å². The minimum Gasteiger partial charge on any atom is -0.325 e. The molecule has 1 aliphatic heterocycles. The lowest BCUT2D eigenvalue weighted by Gasteiger charge is -2.32. The van der Waals surface area contributed by atoms with Crippen LogP contribution in [0.3, 0.4) is 0 Å². The Bertz CT molecular complexity index is 1180. The Morgan fingerprint density at radius 1 is 0.774 bits per heavy atom. The second-order valence-electron chi connectivity index (χ2n) is 8.21. The summed E-state index contributed by atoms with van der Waals surface area (Å²) in [6.45, 7) is 1.63. The first kappa shape index (κ1) is 19.5. The SMILES string of the molecule is O=C(Nc1cccc2ccccc12)C1CNCCC1c1ccc(-c2ccccc2)cc1. The van der Waals surface area contributed by atoms with Crippen LogP contribution in [0, 0.1) is 5.92 Å². The molecule has 0 radical (unpaired) electrons. The van der Waals surface area contributed by atoms with Crippen molar-refractivity contribution >= 4 is 22.4 Å². The fourth-order valence-electron chi connectivity index (χ4n) is 4.65. The molecule has 1 fully saturated rings. The summed E-state index contributed by atoms with van der Waals surface area (Å²) in [6, 6.07) is 33.4. The van der Waals surface area contributed by atoms with Crippen molar-refractivity contribution in [2.75, 3.05) is 18.4 Å². The zero-order valence-electron chi connectivity index (χ0n) is 17.4. The Morgan fingerprint density at radius 3 is 2.32 bits per heavy atom. The van der Waals surface area contributed by atoms with Crippen molar-refractivity contribution in [2.45, 2.75) is 12.3 Å². The topological polar surface area (TPSA) is 41.1 Å². The Kier molecular flexibility index (Phi) is 5.51. The van der Waals surface area contributed by atoms with Gasteiger partial charge in [0, 0.05) is 17.6 Å². The van der Waals surface area contributed by atoms with Crippen molar-refractivity contribution in [3.8, 4) is 11.1 Å². The van der Waals surface area contributed by atoms with Crippen LogP contribution in [0.25, 0.3) is 21.9 Å². The van der Waals surface area contributed by atoms with E-state index >= 15 is 0 Å². The number of piperidine rings is 1. The van der Waals surface area contributed by atoms with Gasteiger partial charge in [-0.15, -0.1) is 0 Å². The van der Waals surface area contributed by atoms with E-state index in [2.05, 4.69) is 77.4 Å². The molecule has 5 rings (SSSR count). The lowest BCUT2D eigenvalue weighted by molar-refractivity contribution is -0.120. The van der Waals surface area contributed by atoms with Gasteiger partial charge in [0.25, 0.3) is 0 Å². The first-order valence-corrected chi connectivity index (χ1v) is 10.9. The highest BCUT2D eigenvalue weighted by Crippen LogP contribution is 2.33. The van der Waals surface area contributed by atoms with Crippen LogP contribution in [0.15, 0.2) is 97.1 Å². The molecule has 0 aliphatic carbocycles. The van der Waals surface area contributed by atoms with Crippen molar-refractivity contribution in [2.24, 2.45) is 5.92 Å². The average molecular weight is 407 g/mol. The monoisotopic (exact) mass is 406 g/mol. The van der Waals surface area contributed by atoms with E-state index in [-0.39, 0.29) is 17.7 Å². The molecular weight excluding hydrogens is 380 g/mol. The summed E-state index contributed by atoms with van der Waals surface area (Å²) in [5, 5.41) is 8.84. The number of nitrogens with one attached hydrogen (secondary N) is 2. The van der Waals surface area contributed by atoms with E-state index in [0.717, 1.165) is 29.4 Å². The molecule has 0 bridgehead atoms. The number of hydrogen-bond acceptors (Lipinski definition) is 2. The number of carbonyl (C=O) groups is 1. The normalized spacial score (nSPS) is 18.6. The standard InChI is InChI=1S/C28H26N2O/c31-28(30-27-12-6-10-22-9-4-5-11-25(22)27)26-19-29-18-17-24(26)23-15-13-21(14-16-23)20-7-2-1-3-8-20/h1-16,24,26,29H,17-19H2,(H,30,31). The maximum absolute atomic E-state index is 13.3. The van der Waals surface area contributed by atoms with Gasteiger partial charge < -0.3 is 10.6 Å². The zero-order valence-corrected chi connectivity index (χ0v) is 17.4. The number of rotatable bonds is 4. The molecule has 0 spiro atoms. The number of fused-ring (bicyclic) bond motifs is 1. The molecule has 1 aliphatic rings. The molecule has 4 aromatic rings. The van der Waals surface area contributed by atoms with Crippen LogP contribution in [0.1, 0.15) is 17.9 Å². The zero-order chi connectivity index (χ0) is 21.0. The fraction of sp³-hybridized carbons (Fsp3) is 0.179. The van der Waals surface area contributed by atoms with Crippen molar-refractivity contribution in [1.82, 2.24) is 5.32 Å². The number of carbonyl (C=O) groups excluding carboxylic acids is 1. The van der Waals surface area contributed by atoms with E-state index in [1.807, 2.05) is 30.3 Å². The number of benzene rings is 4. The Labute approximate surface area is 183 Å². The molecule has 0 saturated carbocycles. The Hall–Kier alpha value is -3.43. The minimum atomic E-state index is -0.102. The van der Waals surface area contributed by atoms with Crippen LogP contribution >= 0.6 is 0 Å². The molecule has 154 valence electrons. The second-order valence-corrected chi connectivity index (χ2v) is 8.21. The van der Waals surface area contributed by atoms with Crippen LogP contribution in [-0.4, -0.2) is 19.0 Å². The van der Waals surface area contributed by atoms with Gasteiger partial charge in [0.15, 0.2) is 0 Å². The molecule has 2 unspecified atom stereocenters. The highest BCUT2D eigenvalue weighted by atomic mass is 16.1. The predicted molar refractivity (Wildman–Crippen MR) is 128 cm³/mol. The number of hydrogen-bond donors (Lipinski definition) is 2. The van der Waals surface area contributed by atoms with Crippen molar-refractivity contribution in [3.63, 3.8) is 0 Å². The van der Waals surface area contributed by atoms with Crippen LogP contribution in [0.5, 0.6) is 0 Å². The van der Waals surface area contributed by atoms with Crippen LogP contribution in [0.4, 0.5) is 5.69 Å². The summed E-state index contributed by atoms with van der Waals surface area (Å²) in [4.78, 5) is 13.3. The molecule has 2 atom stereocenters. The predicted octanol–water partition coefficient (Wildman–Crippen LogP) is 5.84. The van der Waals surface area contributed by atoms with Gasteiger partial charge >= 0.3 is 0 Å². The molecule has 1 heterocycles. The van der Waals surface area contributed by atoms with Crippen molar-refractivity contribution in [1.29, 1.82) is 0 Å². The third-order valence-corrected chi connectivity index (χ3v) is 6.31. The number of amides is 1. The summed E-state index contributed by atoms with van der Waals surface area (Å²) in [5.41, 5.74) is 4.53. The van der Waals surface area contributed by atoms with Gasteiger partial charge in [-0.2, -0.15) is 0 Å². The summed E-state index contributed by atoms with van der Waals surface area (Å²) in [5.74, 6) is 0.192. The third-order valence-electron chi connectivity index (χ3n) is 6.31.